The van der Waals surface area contributed by atoms with Crippen molar-refractivity contribution in [3.05, 3.63) is 80.2 Å². The average Bonchev–Trinajstić information content (AvgIpc) is 2.99. The molecule has 150 valence electrons. The zero-order valence-corrected chi connectivity index (χ0v) is 17.5. The molecule has 0 spiro atoms. The molecule has 1 amide bonds. The molecule has 1 atom stereocenters. The fourth-order valence-electron chi connectivity index (χ4n) is 4.32. The first kappa shape index (κ1) is 19.4. The lowest BCUT2D eigenvalue weighted by molar-refractivity contribution is 0.0725. The Morgan fingerprint density at radius 1 is 1.03 bits per heavy atom. The van der Waals surface area contributed by atoms with Gasteiger partial charge in [-0.25, -0.2) is 0 Å². The van der Waals surface area contributed by atoms with E-state index < -0.39 is 6.04 Å². The van der Waals surface area contributed by atoms with E-state index in [9.17, 15) is 9.59 Å². The first-order valence-corrected chi connectivity index (χ1v) is 10.4. The van der Waals surface area contributed by atoms with E-state index in [2.05, 4.69) is 26.0 Å². The zero-order chi connectivity index (χ0) is 20.7. The quantitative estimate of drug-likeness (QED) is 0.594. The van der Waals surface area contributed by atoms with Gasteiger partial charge in [0.1, 0.15) is 5.58 Å². The Kier molecular flexibility index (Phi) is 5.03. The monoisotopic (exact) mass is 389 g/mol. The van der Waals surface area contributed by atoms with Crippen molar-refractivity contribution in [3.8, 4) is 0 Å². The number of benzene rings is 2. The highest BCUT2D eigenvalue weighted by Gasteiger charge is 2.42. The molecule has 2 aromatic carbocycles. The first-order valence-electron chi connectivity index (χ1n) is 10.4. The van der Waals surface area contributed by atoms with Gasteiger partial charge >= 0.3 is 0 Å². The molecule has 0 N–H and O–H groups in total. The third-order valence-electron chi connectivity index (χ3n) is 5.85. The van der Waals surface area contributed by atoms with E-state index in [1.807, 2.05) is 38.1 Å². The normalized spacial score (nSPS) is 15.9. The number of carbonyl (C=O) groups excluding carboxylic acids is 1. The molecule has 0 bridgehead atoms. The molecule has 3 aromatic rings. The van der Waals surface area contributed by atoms with Crippen molar-refractivity contribution in [3.63, 3.8) is 0 Å². The van der Waals surface area contributed by atoms with Crippen LogP contribution in [0.25, 0.3) is 11.0 Å². The van der Waals surface area contributed by atoms with Crippen LogP contribution in [0.1, 0.15) is 71.1 Å². The number of nitrogens with zero attached hydrogens (tertiary/aromatic N) is 1. The number of carbonyl (C=O) groups is 1. The standard InChI is InChI=1S/C25H27NO3/c1-5-7-12-26-21(18-10-8-17(6-2)9-11-18)20-22(27)19-14-15(3)13-16(4)23(19)29-24(20)25(26)28/h8-11,13-14,21H,5-7,12H2,1-4H3. The largest absolute Gasteiger partial charge is 0.450 e. The third-order valence-corrected chi connectivity index (χ3v) is 5.85. The summed E-state index contributed by atoms with van der Waals surface area (Å²) in [6, 6.07) is 11.7. The van der Waals surface area contributed by atoms with Gasteiger partial charge in [-0.3, -0.25) is 9.59 Å². The fraction of sp³-hybridized carbons (Fsp3) is 0.360. The molecular formula is C25H27NO3. The molecule has 4 rings (SSSR count). The minimum atomic E-state index is -0.392. The van der Waals surface area contributed by atoms with Crippen molar-refractivity contribution < 1.29 is 9.21 Å². The number of fused-ring (bicyclic) bond motifs is 2. The molecule has 0 radical (unpaired) electrons. The number of hydrogen-bond donors (Lipinski definition) is 0. The van der Waals surface area contributed by atoms with Gasteiger partial charge < -0.3 is 9.32 Å². The second kappa shape index (κ2) is 7.51. The summed E-state index contributed by atoms with van der Waals surface area (Å²) < 4.78 is 6.10. The summed E-state index contributed by atoms with van der Waals surface area (Å²) in [6.45, 7) is 8.71. The molecule has 1 aliphatic heterocycles. The van der Waals surface area contributed by atoms with Crippen LogP contribution in [0, 0.1) is 13.8 Å². The van der Waals surface area contributed by atoms with Crippen molar-refractivity contribution in [2.24, 2.45) is 0 Å². The van der Waals surface area contributed by atoms with Crippen LogP contribution < -0.4 is 5.43 Å². The summed E-state index contributed by atoms with van der Waals surface area (Å²) in [6.07, 6.45) is 2.81. The number of rotatable bonds is 5. The Bertz CT molecular complexity index is 1140. The van der Waals surface area contributed by atoms with Gasteiger partial charge in [-0.15, -0.1) is 0 Å². The highest BCUT2D eigenvalue weighted by atomic mass is 16.3. The highest BCUT2D eigenvalue weighted by Crippen LogP contribution is 2.38. The van der Waals surface area contributed by atoms with E-state index in [0.717, 1.165) is 36.0 Å². The van der Waals surface area contributed by atoms with Crippen LogP contribution in [0.3, 0.4) is 0 Å². The molecule has 2 heterocycles. The van der Waals surface area contributed by atoms with Crippen LogP contribution in [-0.2, 0) is 6.42 Å². The van der Waals surface area contributed by atoms with E-state index in [1.165, 1.54) is 5.56 Å². The van der Waals surface area contributed by atoms with E-state index in [4.69, 9.17) is 4.42 Å². The second-order valence-corrected chi connectivity index (χ2v) is 7.98. The fourth-order valence-corrected chi connectivity index (χ4v) is 4.32. The van der Waals surface area contributed by atoms with Crippen molar-refractivity contribution >= 4 is 16.9 Å². The van der Waals surface area contributed by atoms with Gasteiger partial charge in [0.25, 0.3) is 5.91 Å². The van der Waals surface area contributed by atoms with Crippen LogP contribution in [0.5, 0.6) is 0 Å². The number of aryl methyl sites for hydroxylation is 3. The Labute approximate surface area is 171 Å². The maximum atomic E-state index is 13.6. The van der Waals surface area contributed by atoms with Crippen LogP contribution in [0.2, 0.25) is 0 Å². The molecule has 1 aromatic heterocycles. The number of unbranched alkanes of at least 4 members (excludes halogenated alkanes) is 1. The molecule has 1 unspecified atom stereocenters. The van der Waals surface area contributed by atoms with Crippen molar-refractivity contribution in [2.75, 3.05) is 6.54 Å². The number of amides is 1. The van der Waals surface area contributed by atoms with E-state index >= 15 is 0 Å². The molecule has 4 nitrogen and oxygen atoms in total. The molecule has 0 saturated heterocycles. The predicted octanol–water partition coefficient (Wildman–Crippen LogP) is 5.32. The molecule has 29 heavy (non-hydrogen) atoms. The minimum Gasteiger partial charge on any atom is -0.450 e. The van der Waals surface area contributed by atoms with Crippen LogP contribution >= 0.6 is 0 Å². The topological polar surface area (TPSA) is 50.5 Å². The molecule has 4 heteroatoms. The van der Waals surface area contributed by atoms with Gasteiger partial charge in [0.15, 0.2) is 5.43 Å². The summed E-state index contributed by atoms with van der Waals surface area (Å²) in [5, 5.41) is 0.557. The lowest BCUT2D eigenvalue weighted by Gasteiger charge is -2.25. The lowest BCUT2D eigenvalue weighted by atomic mass is 9.96. The molecule has 0 aliphatic carbocycles. The summed E-state index contributed by atoms with van der Waals surface area (Å²) in [7, 11) is 0. The molecular weight excluding hydrogens is 362 g/mol. The summed E-state index contributed by atoms with van der Waals surface area (Å²) in [5.74, 6) is 0.0205. The summed E-state index contributed by atoms with van der Waals surface area (Å²) in [4.78, 5) is 28.6. The maximum Gasteiger partial charge on any atom is 0.290 e. The van der Waals surface area contributed by atoms with Gasteiger partial charge in [-0.05, 0) is 55.0 Å². The Morgan fingerprint density at radius 3 is 2.41 bits per heavy atom. The Hall–Kier alpha value is -2.88. The smallest absolute Gasteiger partial charge is 0.290 e. The minimum absolute atomic E-state index is 0.0926. The van der Waals surface area contributed by atoms with Crippen LogP contribution in [0.4, 0.5) is 0 Å². The summed E-state index contributed by atoms with van der Waals surface area (Å²) in [5.41, 5.74) is 4.99. The SMILES string of the molecule is CCCCN1C(=O)c2oc3c(C)cc(C)cc3c(=O)c2C1c1ccc(CC)cc1. The van der Waals surface area contributed by atoms with Crippen molar-refractivity contribution in [1.82, 2.24) is 4.90 Å². The molecule has 0 fully saturated rings. The van der Waals surface area contributed by atoms with Crippen molar-refractivity contribution in [1.29, 1.82) is 0 Å². The van der Waals surface area contributed by atoms with Crippen molar-refractivity contribution in [2.45, 2.75) is 53.0 Å². The van der Waals surface area contributed by atoms with Gasteiger partial charge in [0, 0.05) is 6.54 Å². The highest BCUT2D eigenvalue weighted by molar-refractivity contribution is 5.99. The molecule has 1 aliphatic rings. The van der Waals surface area contributed by atoms with E-state index in [1.54, 1.807) is 4.90 Å². The van der Waals surface area contributed by atoms with E-state index in [0.29, 0.717) is 23.1 Å². The second-order valence-electron chi connectivity index (χ2n) is 7.98. The van der Waals surface area contributed by atoms with Gasteiger partial charge in [-0.1, -0.05) is 50.6 Å². The molecule has 0 saturated carbocycles. The predicted molar refractivity (Wildman–Crippen MR) is 116 cm³/mol. The van der Waals surface area contributed by atoms with Gasteiger partial charge in [0.2, 0.25) is 5.76 Å². The maximum absolute atomic E-state index is 13.6. The Morgan fingerprint density at radius 2 is 1.76 bits per heavy atom. The van der Waals surface area contributed by atoms with E-state index in [-0.39, 0.29) is 17.1 Å². The van der Waals surface area contributed by atoms with Crippen LogP contribution in [0.15, 0.2) is 45.6 Å². The summed E-state index contributed by atoms with van der Waals surface area (Å²) >= 11 is 0. The Balaban J connectivity index is 1.97. The van der Waals surface area contributed by atoms with Gasteiger partial charge in [0.05, 0.1) is 17.0 Å². The zero-order valence-electron chi connectivity index (χ0n) is 17.5. The number of hydrogen-bond acceptors (Lipinski definition) is 3. The third kappa shape index (κ3) is 3.17. The lowest BCUT2D eigenvalue weighted by Crippen LogP contribution is -2.30. The van der Waals surface area contributed by atoms with Gasteiger partial charge in [-0.2, -0.15) is 0 Å². The van der Waals surface area contributed by atoms with Crippen LogP contribution in [-0.4, -0.2) is 17.4 Å². The first-order chi connectivity index (χ1) is 14.0. The average molecular weight is 389 g/mol.